The maximum atomic E-state index is 4.93. The van der Waals surface area contributed by atoms with Gasteiger partial charge in [-0.25, -0.2) is 0 Å². The Morgan fingerprint density at radius 2 is 1.56 bits per heavy atom. The smallest absolute Gasteiger partial charge is 0.0771 e. The van der Waals surface area contributed by atoms with E-state index in [1.807, 2.05) is 6.07 Å². The van der Waals surface area contributed by atoms with Gasteiger partial charge in [0, 0.05) is 6.26 Å². The maximum absolute atomic E-state index is 4.93. The molecule has 4 atom stereocenters. The molecule has 0 bridgehead atoms. The van der Waals surface area contributed by atoms with Gasteiger partial charge in [0.15, 0.2) is 0 Å². The molecule has 3 aromatic carbocycles. The molecule has 45 heavy (non-hydrogen) atoms. The van der Waals surface area contributed by atoms with Crippen LogP contribution in [0.5, 0.6) is 0 Å². The summed E-state index contributed by atoms with van der Waals surface area (Å²) in [6, 6.07) is 13.6. The second-order valence-electron chi connectivity index (χ2n) is 13.1. The van der Waals surface area contributed by atoms with Crippen LogP contribution in [0.1, 0.15) is 111 Å². The number of benzene rings is 3. The summed E-state index contributed by atoms with van der Waals surface area (Å²) < 4.78 is 6.44. The molecular formula is C41H46Cl2OZr-2. The summed E-state index contributed by atoms with van der Waals surface area (Å²) in [6.45, 7) is 23.3. The zero-order valence-corrected chi connectivity index (χ0v) is 32.4. The Morgan fingerprint density at radius 1 is 0.911 bits per heavy atom. The van der Waals surface area contributed by atoms with Gasteiger partial charge in [0.2, 0.25) is 0 Å². The van der Waals surface area contributed by atoms with E-state index in [1.165, 1.54) is 41.8 Å². The molecule has 236 valence electrons. The third kappa shape index (κ3) is 6.81. The second kappa shape index (κ2) is 15.2. The molecule has 4 unspecified atom stereocenters. The predicted octanol–water partition coefficient (Wildman–Crippen LogP) is 5.41. The van der Waals surface area contributed by atoms with Crippen LogP contribution in [0.2, 0.25) is 0 Å². The minimum Gasteiger partial charge on any atom is -1.00 e. The number of fused-ring (bicyclic) bond motifs is 8. The number of halogens is 2. The molecule has 0 fully saturated rings. The molecule has 0 spiro atoms. The van der Waals surface area contributed by atoms with E-state index in [0.717, 1.165) is 17.6 Å². The third-order valence-electron chi connectivity index (χ3n) is 10.3. The van der Waals surface area contributed by atoms with Crippen LogP contribution in [-0.4, -0.2) is 3.21 Å². The van der Waals surface area contributed by atoms with Gasteiger partial charge in [-0.05, 0) is 59.9 Å². The fourth-order valence-electron chi connectivity index (χ4n) is 7.46. The number of hydrogen-bond acceptors (Lipinski definition) is 1. The minimum absolute atomic E-state index is 0. The van der Waals surface area contributed by atoms with Gasteiger partial charge in [-0.3, -0.25) is 0 Å². The molecule has 4 aromatic rings. The van der Waals surface area contributed by atoms with Gasteiger partial charge in [-0.1, -0.05) is 112 Å². The molecule has 0 aliphatic heterocycles. The fourth-order valence-corrected chi connectivity index (χ4v) is 7.46. The zero-order valence-electron chi connectivity index (χ0n) is 28.5. The van der Waals surface area contributed by atoms with Crippen LogP contribution in [0.3, 0.4) is 0 Å². The van der Waals surface area contributed by atoms with E-state index >= 15 is 0 Å². The molecule has 3 aliphatic rings. The van der Waals surface area contributed by atoms with Crippen molar-refractivity contribution in [2.45, 2.75) is 87.5 Å². The van der Waals surface area contributed by atoms with Crippen molar-refractivity contribution >= 4 is 19.6 Å². The Bertz CT molecular complexity index is 1740. The Kier molecular flexibility index (Phi) is 12.6. The summed E-state index contributed by atoms with van der Waals surface area (Å²) in [7, 11) is 0. The average Bonchev–Trinajstić information content (AvgIpc) is 3.75. The number of rotatable bonds is 1. The Morgan fingerprint density at radius 3 is 2.13 bits per heavy atom. The largest absolute Gasteiger partial charge is 1.00 e. The predicted molar refractivity (Wildman–Crippen MR) is 181 cm³/mol. The van der Waals surface area contributed by atoms with Crippen molar-refractivity contribution < 1.29 is 53.5 Å². The number of allylic oxidation sites excluding steroid dienone is 4. The van der Waals surface area contributed by atoms with Crippen LogP contribution in [-0.2, 0) is 24.2 Å². The van der Waals surface area contributed by atoms with E-state index in [0.29, 0.717) is 23.7 Å². The fraction of sp³-hybridized carbons (Fsp3) is 0.366. The van der Waals surface area contributed by atoms with E-state index in [2.05, 4.69) is 118 Å². The first-order valence-corrected chi connectivity index (χ1v) is 17.0. The van der Waals surface area contributed by atoms with Crippen molar-refractivity contribution in [3.8, 4) is 11.1 Å². The second-order valence-corrected chi connectivity index (χ2v) is 15.5. The molecule has 7 rings (SSSR count). The Balaban J connectivity index is 0.000000288. The van der Waals surface area contributed by atoms with Gasteiger partial charge in [0.25, 0.3) is 0 Å². The summed E-state index contributed by atoms with van der Waals surface area (Å²) in [4.78, 5) is 0. The average molecular weight is 717 g/mol. The quantitative estimate of drug-likeness (QED) is 0.241. The van der Waals surface area contributed by atoms with Crippen molar-refractivity contribution in [3.63, 3.8) is 0 Å². The van der Waals surface area contributed by atoms with Gasteiger partial charge >= 0.3 is 41.3 Å². The number of furan rings is 1. The van der Waals surface area contributed by atoms with Crippen LogP contribution in [0.15, 0.2) is 65.5 Å². The number of hydrogen-bond donors (Lipinski definition) is 0. The molecule has 1 nitrogen and oxygen atoms in total. The van der Waals surface area contributed by atoms with Crippen molar-refractivity contribution in [3.05, 3.63) is 118 Å². The monoisotopic (exact) mass is 714 g/mol. The van der Waals surface area contributed by atoms with Crippen molar-refractivity contribution in [1.29, 1.82) is 0 Å². The van der Waals surface area contributed by atoms with E-state index in [-0.39, 0.29) is 24.8 Å². The zero-order chi connectivity index (χ0) is 31.2. The normalized spacial score (nSPS) is 20.4. The van der Waals surface area contributed by atoms with Crippen LogP contribution >= 0.6 is 0 Å². The SMILES string of the molecule is C[C](C)=[Zr+2].Cc1cc2c(c(C)c1C)C(C)c1c3c(c4ccccc4c1-2)C(C)C(C)C(C)[C-]3C.[C-]1=C(c2ccoc2)C=CC1.[Cl-].[Cl-]. The van der Waals surface area contributed by atoms with Crippen molar-refractivity contribution in [2.75, 3.05) is 0 Å². The van der Waals surface area contributed by atoms with Crippen LogP contribution in [0.4, 0.5) is 0 Å². The number of aryl methyl sites for hydroxylation is 1. The first kappa shape index (κ1) is 37.3. The van der Waals surface area contributed by atoms with Gasteiger partial charge < -0.3 is 29.2 Å². The minimum atomic E-state index is 0. The van der Waals surface area contributed by atoms with Gasteiger partial charge in [-0.15, -0.1) is 17.2 Å². The molecule has 0 N–H and O–H groups in total. The molecule has 0 amide bonds. The Labute approximate surface area is 299 Å². The molecule has 0 saturated carbocycles. The molecule has 0 radical (unpaired) electrons. The Hall–Kier alpha value is -2.12. The van der Waals surface area contributed by atoms with Crippen molar-refractivity contribution in [1.82, 2.24) is 0 Å². The first-order valence-electron chi connectivity index (χ1n) is 15.8. The third-order valence-corrected chi connectivity index (χ3v) is 10.3. The van der Waals surface area contributed by atoms with Crippen molar-refractivity contribution in [2.24, 2.45) is 11.8 Å². The molecule has 0 saturated heterocycles. The van der Waals surface area contributed by atoms with Crippen LogP contribution in [0.25, 0.3) is 27.5 Å². The standard InChI is InChI=1S/C29H33.C9H7O.C3H6.2ClH.Zr/c1-14-13-24-25(18(5)15(14)2)21(8)28-27-20(7)17(4)16(3)19(6)26(27)22-11-9-10-12-23(22)29(24)28;1-2-4-8(3-1)9-5-6-10-7-9;1-3-2;;;/h9-13,16-17,19,21H,1-8H3;1,3,5-7H,2H2;1-2H3;2*1H;/q2*-1;;;;+2/p-2. The van der Waals surface area contributed by atoms with Crippen LogP contribution < -0.4 is 24.8 Å². The van der Waals surface area contributed by atoms with Gasteiger partial charge in [0.1, 0.15) is 0 Å². The molecular weight excluding hydrogens is 671 g/mol. The molecule has 1 heterocycles. The summed E-state index contributed by atoms with van der Waals surface area (Å²) in [5.41, 5.74) is 16.0. The maximum Gasteiger partial charge on any atom is 0.0771 e. The molecule has 3 aliphatic carbocycles. The van der Waals surface area contributed by atoms with Gasteiger partial charge in [0.05, 0.1) is 6.26 Å². The van der Waals surface area contributed by atoms with E-state index in [9.17, 15) is 0 Å². The van der Waals surface area contributed by atoms with Gasteiger partial charge in [-0.2, -0.15) is 29.2 Å². The summed E-state index contributed by atoms with van der Waals surface area (Å²) in [6.07, 6.45) is 11.7. The summed E-state index contributed by atoms with van der Waals surface area (Å²) in [5.74, 6) is 3.94. The van der Waals surface area contributed by atoms with E-state index in [4.69, 9.17) is 4.42 Å². The van der Waals surface area contributed by atoms with E-state index in [1.54, 1.807) is 64.9 Å². The first-order chi connectivity index (χ1) is 20.5. The van der Waals surface area contributed by atoms with E-state index < -0.39 is 0 Å². The topological polar surface area (TPSA) is 13.1 Å². The van der Waals surface area contributed by atoms with Crippen LogP contribution in [0, 0.1) is 44.6 Å². The molecule has 1 aromatic heterocycles. The summed E-state index contributed by atoms with van der Waals surface area (Å²) in [5, 5.41) is 2.93. The summed E-state index contributed by atoms with van der Waals surface area (Å²) >= 11 is 1.55. The molecule has 4 heteroatoms.